The van der Waals surface area contributed by atoms with Crippen LogP contribution in [0.1, 0.15) is 219 Å². The van der Waals surface area contributed by atoms with Crippen LogP contribution >= 0.6 is 0 Å². The van der Waals surface area contributed by atoms with Crippen molar-refractivity contribution in [1.82, 2.24) is 5.32 Å². The van der Waals surface area contributed by atoms with Crippen molar-refractivity contribution in [1.29, 1.82) is 0 Å². The van der Waals surface area contributed by atoms with Crippen LogP contribution in [0, 0.1) is 0 Å². The number of unbranched alkanes of at least 4 members (excludes halogenated alkanes) is 23. The van der Waals surface area contributed by atoms with E-state index in [2.05, 4.69) is 79.9 Å². The Bertz CT molecular complexity index is 1090. The molecule has 0 radical (unpaired) electrons. The summed E-state index contributed by atoms with van der Waals surface area (Å²) in [6.07, 6.45) is 57.5. The smallest absolute Gasteiger partial charge is 0.266 e. The summed E-state index contributed by atoms with van der Waals surface area (Å²) < 4.78 is 32.7. The summed E-state index contributed by atoms with van der Waals surface area (Å²) in [5, 5.41) is 13.4. The second-order valence-corrected chi connectivity index (χ2v) is 17.2. The Balaban J connectivity index is 3.87. The fraction of sp³-hybridized carbons (Fsp3) is 0.771. The van der Waals surface area contributed by atoms with Gasteiger partial charge < -0.3 is 10.4 Å². The van der Waals surface area contributed by atoms with Crippen LogP contribution in [-0.2, 0) is 14.9 Å². The lowest BCUT2D eigenvalue weighted by Gasteiger charge is -2.23. The Labute approximate surface area is 341 Å². The Hall–Kier alpha value is -1.96. The largest absolute Gasteiger partial charge is 0.391 e. The number of nitrogens with one attached hydrogen (secondary N) is 1. The first kappa shape index (κ1) is 53.0. The van der Waals surface area contributed by atoms with Crippen LogP contribution in [0.5, 0.6) is 0 Å². The molecule has 0 bridgehead atoms. The van der Waals surface area contributed by atoms with Crippen molar-refractivity contribution in [2.75, 3.05) is 5.75 Å². The standard InChI is InChI=1S/C48H87NO5S/c1-3-5-7-9-11-13-15-17-19-21-23-24-26-27-29-31-33-35-37-39-41-43-47(50)46(45-55(52,53)54)49-48(51)44-42-40-38-36-34-32-30-28-25-22-20-18-16-14-12-10-8-6-4-2/h6,8,12,14,18,20,25,28,32,34,46-47,50H,3-5,7,9-11,13,15-17,19,21-24,26-27,29-31,33,35-45H2,1-2H3,(H,49,51)(H,52,53,54)/b8-6-,14-12-,20-18-,28-25-,34-32-. The van der Waals surface area contributed by atoms with Crippen molar-refractivity contribution >= 4 is 16.0 Å². The number of hydrogen-bond acceptors (Lipinski definition) is 4. The molecule has 1 amide bonds. The Morgan fingerprint density at radius 2 is 0.873 bits per heavy atom. The maximum atomic E-state index is 12.6. The summed E-state index contributed by atoms with van der Waals surface area (Å²) in [4.78, 5) is 12.6. The van der Waals surface area contributed by atoms with E-state index in [1.807, 2.05) is 0 Å². The Morgan fingerprint density at radius 3 is 1.27 bits per heavy atom. The number of carbonyl (C=O) groups is 1. The minimum absolute atomic E-state index is 0.276. The number of hydrogen-bond donors (Lipinski definition) is 3. The van der Waals surface area contributed by atoms with Crippen molar-refractivity contribution < 1.29 is 22.9 Å². The molecule has 3 N–H and O–H groups in total. The van der Waals surface area contributed by atoms with Gasteiger partial charge in [0.25, 0.3) is 10.1 Å². The zero-order chi connectivity index (χ0) is 40.3. The summed E-state index contributed by atoms with van der Waals surface area (Å²) in [5.41, 5.74) is 0. The molecule has 55 heavy (non-hydrogen) atoms. The molecule has 0 aliphatic heterocycles. The van der Waals surface area contributed by atoms with Gasteiger partial charge in [0.1, 0.15) is 0 Å². The predicted octanol–water partition coefficient (Wildman–Crippen LogP) is 14.0. The molecule has 0 saturated carbocycles. The molecule has 0 saturated heterocycles. The van der Waals surface area contributed by atoms with E-state index < -0.39 is 28.0 Å². The number of amides is 1. The quantitative estimate of drug-likeness (QED) is 0.0325. The maximum absolute atomic E-state index is 12.6. The predicted molar refractivity (Wildman–Crippen MR) is 239 cm³/mol. The molecule has 2 atom stereocenters. The lowest BCUT2D eigenvalue weighted by molar-refractivity contribution is -0.122. The van der Waals surface area contributed by atoms with E-state index in [0.717, 1.165) is 70.6 Å². The summed E-state index contributed by atoms with van der Waals surface area (Å²) in [6, 6.07) is -0.992. The van der Waals surface area contributed by atoms with Gasteiger partial charge in [0.15, 0.2) is 0 Å². The Kier molecular flexibility index (Phi) is 40.2. The highest BCUT2D eigenvalue weighted by Gasteiger charge is 2.26. The highest BCUT2D eigenvalue weighted by molar-refractivity contribution is 7.85. The number of aliphatic hydroxyl groups is 1. The van der Waals surface area contributed by atoms with Crippen LogP contribution in [-0.4, -0.2) is 41.9 Å². The lowest BCUT2D eigenvalue weighted by atomic mass is 10.0. The van der Waals surface area contributed by atoms with Gasteiger partial charge in [-0.2, -0.15) is 8.42 Å². The van der Waals surface area contributed by atoms with Gasteiger partial charge in [0.05, 0.1) is 17.9 Å². The molecule has 7 heteroatoms. The minimum Gasteiger partial charge on any atom is -0.391 e. The number of carbonyl (C=O) groups excluding carboxylic acids is 1. The zero-order valence-electron chi connectivity index (χ0n) is 35.8. The highest BCUT2D eigenvalue weighted by Crippen LogP contribution is 2.16. The van der Waals surface area contributed by atoms with Crippen LogP contribution in [0.3, 0.4) is 0 Å². The highest BCUT2D eigenvalue weighted by atomic mass is 32.2. The first-order valence-electron chi connectivity index (χ1n) is 23.0. The van der Waals surface area contributed by atoms with Crippen LogP contribution in [0.2, 0.25) is 0 Å². The molecule has 0 aromatic carbocycles. The number of rotatable bonds is 41. The first-order valence-corrected chi connectivity index (χ1v) is 24.6. The van der Waals surface area contributed by atoms with Gasteiger partial charge in [-0.05, 0) is 57.8 Å². The van der Waals surface area contributed by atoms with E-state index in [1.165, 1.54) is 116 Å². The van der Waals surface area contributed by atoms with E-state index >= 15 is 0 Å². The van der Waals surface area contributed by atoms with E-state index in [-0.39, 0.29) is 12.3 Å². The summed E-state index contributed by atoms with van der Waals surface area (Å²) >= 11 is 0. The molecule has 0 aliphatic carbocycles. The number of aliphatic hydroxyl groups excluding tert-OH is 1. The maximum Gasteiger partial charge on any atom is 0.266 e. The topological polar surface area (TPSA) is 104 Å². The van der Waals surface area contributed by atoms with Crippen LogP contribution < -0.4 is 5.32 Å². The third-order valence-corrected chi connectivity index (χ3v) is 11.0. The fourth-order valence-corrected chi connectivity index (χ4v) is 7.59. The van der Waals surface area contributed by atoms with Crippen LogP contribution in [0.15, 0.2) is 60.8 Å². The molecule has 2 unspecified atom stereocenters. The fourth-order valence-electron chi connectivity index (χ4n) is 6.83. The number of allylic oxidation sites excluding steroid dienone is 10. The molecular weight excluding hydrogens is 703 g/mol. The lowest BCUT2D eigenvalue weighted by Crippen LogP contribution is -2.47. The molecule has 0 aromatic rings. The molecule has 0 rings (SSSR count). The van der Waals surface area contributed by atoms with Crippen LogP contribution in [0.4, 0.5) is 0 Å². The van der Waals surface area contributed by atoms with Crippen molar-refractivity contribution in [3.8, 4) is 0 Å². The van der Waals surface area contributed by atoms with Gasteiger partial charge in [0.2, 0.25) is 5.91 Å². The SMILES string of the molecule is CC/C=C\C/C=C\C/C=C\C/C=C\C/C=C\CCCCCC(=O)NC(CS(=O)(=O)O)C(O)CCCCCCCCCCCCCCCCCCCCCCC. The Morgan fingerprint density at radius 1 is 0.509 bits per heavy atom. The van der Waals surface area contributed by atoms with Crippen molar-refractivity contribution in [3.05, 3.63) is 60.8 Å². The summed E-state index contributed by atoms with van der Waals surface area (Å²) in [5.74, 6) is -0.940. The minimum atomic E-state index is -4.33. The normalized spacial score (nSPS) is 13.7. The zero-order valence-corrected chi connectivity index (χ0v) is 36.6. The molecule has 0 spiro atoms. The van der Waals surface area contributed by atoms with Crippen molar-refractivity contribution in [2.24, 2.45) is 0 Å². The van der Waals surface area contributed by atoms with Gasteiger partial charge in [0, 0.05) is 6.42 Å². The van der Waals surface area contributed by atoms with E-state index in [1.54, 1.807) is 0 Å². The van der Waals surface area contributed by atoms with Crippen molar-refractivity contribution in [3.63, 3.8) is 0 Å². The molecule has 320 valence electrons. The molecule has 0 aliphatic rings. The average Bonchev–Trinajstić information content (AvgIpc) is 3.15. The second kappa shape index (κ2) is 41.7. The van der Waals surface area contributed by atoms with E-state index in [0.29, 0.717) is 12.8 Å². The van der Waals surface area contributed by atoms with E-state index in [4.69, 9.17) is 0 Å². The molecule has 0 heterocycles. The van der Waals surface area contributed by atoms with Crippen LogP contribution in [0.25, 0.3) is 0 Å². The average molecular weight is 790 g/mol. The molecule has 0 aromatic heterocycles. The van der Waals surface area contributed by atoms with Gasteiger partial charge in [-0.15, -0.1) is 0 Å². The molecule has 6 nitrogen and oxygen atoms in total. The van der Waals surface area contributed by atoms with Gasteiger partial charge >= 0.3 is 0 Å². The third kappa shape index (κ3) is 43.0. The summed E-state index contributed by atoms with van der Waals surface area (Å²) in [7, 11) is -4.33. The second-order valence-electron chi connectivity index (χ2n) is 15.7. The van der Waals surface area contributed by atoms with Gasteiger partial charge in [-0.1, -0.05) is 216 Å². The van der Waals surface area contributed by atoms with Gasteiger partial charge in [-0.25, -0.2) is 0 Å². The third-order valence-electron chi connectivity index (χ3n) is 10.2. The first-order chi connectivity index (χ1) is 26.8. The van der Waals surface area contributed by atoms with E-state index in [9.17, 15) is 22.9 Å². The van der Waals surface area contributed by atoms with Gasteiger partial charge in [-0.3, -0.25) is 9.35 Å². The summed E-state index contributed by atoms with van der Waals surface area (Å²) in [6.45, 7) is 4.42. The monoisotopic (exact) mass is 790 g/mol. The molecule has 0 fully saturated rings. The molecular formula is C48H87NO5S. The van der Waals surface area contributed by atoms with Crippen molar-refractivity contribution in [2.45, 2.75) is 231 Å².